The molecule has 4 rings (SSSR count). The third kappa shape index (κ3) is 2.46. The summed E-state index contributed by atoms with van der Waals surface area (Å²) < 4.78 is 1.47. The van der Waals surface area contributed by atoms with Crippen LogP contribution in [0.2, 0.25) is 0 Å². The van der Waals surface area contributed by atoms with Crippen LogP contribution < -0.4 is 5.56 Å². The number of nitrogens with one attached hydrogen (secondary N) is 1. The molecule has 3 atom stereocenters. The maximum absolute atomic E-state index is 12.7. The van der Waals surface area contributed by atoms with Gasteiger partial charge in [-0.3, -0.25) is 14.7 Å². The fourth-order valence-corrected chi connectivity index (χ4v) is 3.70. The fraction of sp³-hybridized carbons (Fsp3) is 0.588. The van der Waals surface area contributed by atoms with Gasteiger partial charge in [-0.1, -0.05) is 6.92 Å². The van der Waals surface area contributed by atoms with Gasteiger partial charge in [-0.15, -0.1) is 0 Å². The molecule has 1 amide bonds. The van der Waals surface area contributed by atoms with Crippen molar-refractivity contribution in [3.05, 3.63) is 33.9 Å². The number of likely N-dealkylation sites (tertiary alicyclic amines) is 1. The Morgan fingerprint density at radius 1 is 1.35 bits per heavy atom. The van der Waals surface area contributed by atoms with Crippen molar-refractivity contribution in [2.75, 3.05) is 6.54 Å². The molecule has 0 aromatic carbocycles. The lowest BCUT2D eigenvalue weighted by Crippen LogP contribution is -2.39. The highest BCUT2D eigenvalue weighted by Crippen LogP contribution is 2.42. The van der Waals surface area contributed by atoms with E-state index in [1.54, 1.807) is 0 Å². The summed E-state index contributed by atoms with van der Waals surface area (Å²) in [6, 6.07) is 3.47. The van der Waals surface area contributed by atoms with Gasteiger partial charge in [-0.05, 0) is 38.5 Å². The van der Waals surface area contributed by atoms with Crippen LogP contribution in [0.5, 0.6) is 0 Å². The average molecular weight is 314 g/mol. The van der Waals surface area contributed by atoms with E-state index in [-0.39, 0.29) is 23.4 Å². The molecule has 3 heterocycles. The van der Waals surface area contributed by atoms with Crippen LogP contribution in [-0.2, 0) is 4.79 Å². The smallest absolute Gasteiger partial charge is 0.272 e. The molecule has 1 aliphatic carbocycles. The summed E-state index contributed by atoms with van der Waals surface area (Å²) in [5, 5.41) is 3.16. The molecule has 1 N–H and O–H groups in total. The second-order valence-electron chi connectivity index (χ2n) is 7.00. The molecule has 1 saturated heterocycles. The number of fused-ring (bicyclic) bond motifs is 1. The van der Waals surface area contributed by atoms with Crippen LogP contribution in [0, 0.1) is 18.8 Å². The number of amides is 1. The number of hydrogen-bond acceptors (Lipinski definition) is 3. The Kier molecular flexibility index (Phi) is 3.28. The van der Waals surface area contributed by atoms with Crippen molar-refractivity contribution in [2.45, 2.75) is 45.6 Å². The Bertz CT molecular complexity index is 822. The van der Waals surface area contributed by atoms with Crippen molar-refractivity contribution in [3.8, 4) is 0 Å². The van der Waals surface area contributed by atoms with Crippen LogP contribution in [0.1, 0.15) is 50.0 Å². The average Bonchev–Trinajstić information content (AvgIpc) is 3.09. The van der Waals surface area contributed by atoms with Gasteiger partial charge < -0.3 is 4.90 Å². The molecular formula is C17H22N4O2. The number of nitrogens with zero attached hydrogens (tertiary/aromatic N) is 3. The number of aromatic nitrogens is 3. The molecule has 2 aromatic heterocycles. The van der Waals surface area contributed by atoms with Crippen molar-refractivity contribution in [1.29, 1.82) is 0 Å². The van der Waals surface area contributed by atoms with E-state index in [4.69, 9.17) is 0 Å². The molecule has 0 spiro atoms. The molecule has 2 fully saturated rings. The number of piperidine rings is 1. The summed E-state index contributed by atoms with van der Waals surface area (Å²) in [7, 11) is 0. The number of rotatable bonds is 2. The summed E-state index contributed by atoms with van der Waals surface area (Å²) in [5.74, 6) is 0.986. The summed E-state index contributed by atoms with van der Waals surface area (Å²) in [4.78, 5) is 31.2. The van der Waals surface area contributed by atoms with E-state index in [9.17, 15) is 9.59 Å². The number of carbonyl (C=O) groups is 1. The lowest BCUT2D eigenvalue weighted by molar-refractivity contribution is -0.136. The van der Waals surface area contributed by atoms with Crippen molar-refractivity contribution >= 4 is 11.6 Å². The van der Waals surface area contributed by atoms with Crippen LogP contribution in [0.4, 0.5) is 0 Å². The van der Waals surface area contributed by atoms with Gasteiger partial charge in [0.2, 0.25) is 5.91 Å². The number of H-pyrrole nitrogens is 1. The van der Waals surface area contributed by atoms with Crippen LogP contribution in [0.3, 0.4) is 0 Å². The first-order valence-electron chi connectivity index (χ1n) is 8.44. The van der Waals surface area contributed by atoms with E-state index in [2.05, 4.69) is 17.0 Å². The first-order chi connectivity index (χ1) is 11.0. The van der Waals surface area contributed by atoms with E-state index < -0.39 is 0 Å². The van der Waals surface area contributed by atoms with Crippen molar-refractivity contribution in [3.63, 3.8) is 0 Å². The standard InChI is InChI=1S/C17H22N4O2/c1-10-7-12(10)17(23)20-6-4-3-5-14(20)13-9-15-18-11(2)8-16(22)21(15)19-13/h8-10,12,14,19H,3-7H2,1-2H3/t10-,12+,14+/m1/s1. The SMILES string of the molecule is Cc1cc(=O)n2[nH]c([C@@H]3CCCCN3C(=O)[C@H]3C[C@H]3C)cc2n1. The molecule has 23 heavy (non-hydrogen) atoms. The first kappa shape index (κ1) is 14.5. The molecule has 6 nitrogen and oxygen atoms in total. The van der Waals surface area contributed by atoms with Crippen LogP contribution >= 0.6 is 0 Å². The zero-order chi connectivity index (χ0) is 16.1. The number of hydrogen-bond donors (Lipinski definition) is 1. The minimum atomic E-state index is -0.108. The first-order valence-corrected chi connectivity index (χ1v) is 8.44. The normalized spacial score (nSPS) is 27.4. The molecular weight excluding hydrogens is 292 g/mol. The summed E-state index contributed by atoms with van der Waals surface area (Å²) in [6.45, 7) is 4.76. The second-order valence-corrected chi connectivity index (χ2v) is 7.00. The highest BCUT2D eigenvalue weighted by Gasteiger charge is 2.44. The van der Waals surface area contributed by atoms with Crippen molar-refractivity contribution in [1.82, 2.24) is 19.5 Å². The molecule has 0 radical (unpaired) electrons. The minimum absolute atomic E-state index is 0.0328. The number of aromatic amines is 1. The molecule has 122 valence electrons. The van der Waals surface area contributed by atoms with E-state index in [0.717, 1.165) is 37.9 Å². The van der Waals surface area contributed by atoms with Gasteiger partial charge in [0, 0.05) is 30.3 Å². The zero-order valence-electron chi connectivity index (χ0n) is 13.6. The molecule has 0 unspecified atom stereocenters. The van der Waals surface area contributed by atoms with Gasteiger partial charge in [-0.25, -0.2) is 9.50 Å². The van der Waals surface area contributed by atoms with E-state index >= 15 is 0 Å². The molecule has 1 saturated carbocycles. The minimum Gasteiger partial charge on any atom is -0.334 e. The summed E-state index contributed by atoms with van der Waals surface area (Å²) in [5.41, 5.74) is 2.15. The molecule has 2 aromatic rings. The van der Waals surface area contributed by atoms with Gasteiger partial charge >= 0.3 is 0 Å². The highest BCUT2D eigenvalue weighted by atomic mass is 16.2. The molecule has 6 heteroatoms. The lowest BCUT2D eigenvalue weighted by Gasteiger charge is -2.35. The number of aryl methyl sites for hydroxylation is 1. The fourth-order valence-electron chi connectivity index (χ4n) is 3.70. The van der Waals surface area contributed by atoms with Crippen LogP contribution in [-0.4, -0.2) is 31.9 Å². The molecule has 0 bridgehead atoms. The van der Waals surface area contributed by atoms with Gasteiger partial charge in [0.1, 0.15) is 0 Å². The van der Waals surface area contributed by atoms with Gasteiger partial charge in [0.25, 0.3) is 5.56 Å². The Balaban J connectivity index is 1.70. The van der Waals surface area contributed by atoms with Gasteiger partial charge in [0.05, 0.1) is 11.7 Å². The second kappa shape index (κ2) is 5.22. The highest BCUT2D eigenvalue weighted by molar-refractivity contribution is 5.82. The Hall–Kier alpha value is -2.11. The lowest BCUT2D eigenvalue weighted by atomic mass is 9.98. The Labute approximate surface area is 134 Å². The van der Waals surface area contributed by atoms with E-state index in [0.29, 0.717) is 17.3 Å². The van der Waals surface area contributed by atoms with Crippen LogP contribution in [0.15, 0.2) is 16.9 Å². The zero-order valence-corrected chi connectivity index (χ0v) is 13.6. The van der Waals surface area contributed by atoms with Crippen molar-refractivity contribution < 1.29 is 4.79 Å². The maximum Gasteiger partial charge on any atom is 0.272 e. The monoisotopic (exact) mass is 314 g/mol. The largest absolute Gasteiger partial charge is 0.334 e. The van der Waals surface area contributed by atoms with Crippen LogP contribution in [0.25, 0.3) is 5.65 Å². The predicted octanol–water partition coefficient (Wildman–Crippen LogP) is 2.04. The molecule has 2 aliphatic rings. The third-order valence-electron chi connectivity index (χ3n) is 5.17. The van der Waals surface area contributed by atoms with Gasteiger partial charge in [0.15, 0.2) is 5.65 Å². The summed E-state index contributed by atoms with van der Waals surface area (Å²) in [6.07, 6.45) is 4.11. The van der Waals surface area contributed by atoms with Gasteiger partial charge in [-0.2, -0.15) is 0 Å². The third-order valence-corrected chi connectivity index (χ3v) is 5.17. The van der Waals surface area contributed by atoms with E-state index in [1.165, 1.54) is 10.6 Å². The predicted molar refractivity (Wildman–Crippen MR) is 86.1 cm³/mol. The quantitative estimate of drug-likeness (QED) is 0.922. The summed E-state index contributed by atoms with van der Waals surface area (Å²) >= 11 is 0. The van der Waals surface area contributed by atoms with E-state index in [1.807, 2.05) is 17.9 Å². The Morgan fingerprint density at radius 2 is 2.13 bits per heavy atom. The molecule has 1 aliphatic heterocycles. The van der Waals surface area contributed by atoms with Crippen molar-refractivity contribution in [2.24, 2.45) is 11.8 Å². The Morgan fingerprint density at radius 3 is 2.87 bits per heavy atom. The number of carbonyl (C=O) groups excluding carboxylic acids is 1. The topological polar surface area (TPSA) is 70.5 Å². The maximum atomic E-state index is 12.7.